The molecule has 0 radical (unpaired) electrons. The highest BCUT2D eigenvalue weighted by atomic mass is 16.4. The van der Waals surface area contributed by atoms with Crippen LogP contribution in [0.1, 0.15) is 22.8 Å². The first kappa shape index (κ1) is 12.8. The molecule has 0 atom stereocenters. The second kappa shape index (κ2) is 4.94. The van der Waals surface area contributed by atoms with E-state index in [0.29, 0.717) is 5.56 Å². The van der Waals surface area contributed by atoms with Gasteiger partial charge in [0.15, 0.2) is 0 Å². The van der Waals surface area contributed by atoms with Crippen LogP contribution in [-0.2, 0) is 4.79 Å². The van der Waals surface area contributed by atoms with Crippen LogP contribution in [0.25, 0.3) is 16.8 Å². The second-order valence-corrected chi connectivity index (χ2v) is 4.22. The van der Waals surface area contributed by atoms with Gasteiger partial charge in [0.2, 0.25) is 0 Å². The molecule has 0 aliphatic rings. The standard InChI is InChI=1S/C15H12O4/c1-9(14(16)17)6-12-7-10-4-2-3-5-11(10)8-13(12)15(18)19/h2-8H,1H3,(H,16,17)(H,18,19). The number of rotatable bonds is 3. The quantitative estimate of drug-likeness (QED) is 0.828. The van der Waals surface area contributed by atoms with E-state index in [9.17, 15) is 14.7 Å². The highest BCUT2D eigenvalue weighted by Crippen LogP contribution is 2.22. The summed E-state index contributed by atoms with van der Waals surface area (Å²) in [6, 6.07) is 10.6. The van der Waals surface area contributed by atoms with Crippen molar-refractivity contribution in [2.24, 2.45) is 0 Å². The van der Waals surface area contributed by atoms with Crippen molar-refractivity contribution in [3.05, 3.63) is 53.1 Å². The number of hydrogen-bond donors (Lipinski definition) is 2. The van der Waals surface area contributed by atoms with Gasteiger partial charge in [0.05, 0.1) is 5.56 Å². The highest BCUT2D eigenvalue weighted by molar-refractivity contribution is 6.01. The molecule has 0 fully saturated rings. The fourth-order valence-corrected chi connectivity index (χ4v) is 1.86. The van der Waals surface area contributed by atoms with Gasteiger partial charge in [0, 0.05) is 5.57 Å². The van der Waals surface area contributed by atoms with Gasteiger partial charge in [-0.1, -0.05) is 24.3 Å². The Hall–Kier alpha value is -2.62. The van der Waals surface area contributed by atoms with Crippen LogP contribution in [-0.4, -0.2) is 22.2 Å². The fourth-order valence-electron chi connectivity index (χ4n) is 1.86. The molecule has 0 saturated carbocycles. The molecular formula is C15H12O4. The zero-order valence-corrected chi connectivity index (χ0v) is 10.3. The fraction of sp³-hybridized carbons (Fsp3) is 0.0667. The molecular weight excluding hydrogens is 244 g/mol. The first-order chi connectivity index (χ1) is 8.99. The summed E-state index contributed by atoms with van der Waals surface area (Å²) < 4.78 is 0. The summed E-state index contributed by atoms with van der Waals surface area (Å²) in [5.74, 6) is -2.14. The van der Waals surface area contributed by atoms with E-state index in [4.69, 9.17) is 5.11 Å². The Morgan fingerprint density at radius 1 is 1.05 bits per heavy atom. The summed E-state index contributed by atoms with van der Waals surface area (Å²) in [5.41, 5.74) is 0.586. The summed E-state index contributed by atoms with van der Waals surface area (Å²) in [4.78, 5) is 22.1. The van der Waals surface area contributed by atoms with Gasteiger partial charge in [-0.2, -0.15) is 0 Å². The largest absolute Gasteiger partial charge is 0.478 e. The maximum absolute atomic E-state index is 11.2. The minimum absolute atomic E-state index is 0.0952. The molecule has 0 bridgehead atoms. The van der Waals surface area contributed by atoms with Gasteiger partial charge in [0.1, 0.15) is 0 Å². The molecule has 0 heterocycles. The minimum atomic E-state index is -1.07. The molecule has 2 aromatic carbocycles. The Morgan fingerprint density at radius 2 is 1.63 bits per heavy atom. The molecule has 2 N–H and O–H groups in total. The monoisotopic (exact) mass is 256 g/mol. The molecule has 0 spiro atoms. The molecule has 2 rings (SSSR count). The summed E-state index contributed by atoms with van der Waals surface area (Å²) >= 11 is 0. The number of hydrogen-bond acceptors (Lipinski definition) is 2. The van der Waals surface area contributed by atoms with E-state index in [0.717, 1.165) is 10.8 Å². The van der Waals surface area contributed by atoms with E-state index in [1.54, 1.807) is 12.1 Å². The Morgan fingerprint density at radius 3 is 2.16 bits per heavy atom. The van der Waals surface area contributed by atoms with E-state index in [2.05, 4.69) is 0 Å². The molecule has 96 valence electrons. The number of fused-ring (bicyclic) bond motifs is 1. The van der Waals surface area contributed by atoms with Crippen LogP contribution in [0, 0.1) is 0 Å². The van der Waals surface area contributed by atoms with Gasteiger partial charge in [-0.05, 0) is 41.5 Å². The highest BCUT2D eigenvalue weighted by Gasteiger charge is 2.11. The lowest BCUT2D eigenvalue weighted by molar-refractivity contribution is -0.132. The van der Waals surface area contributed by atoms with Crippen molar-refractivity contribution in [1.29, 1.82) is 0 Å². The number of carboxylic acid groups (broad SMARTS) is 2. The molecule has 19 heavy (non-hydrogen) atoms. The number of carboxylic acids is 2. The summed E-state index contributed by atoms with van der Waals surface area (Å²) in [7, 11) is 0. The lowest BCUT2D eigenvalue weighted by Gasteiger charge is -2.05. The van der Waals surface area contributed by atoms with Gasteiger partial charge in [0.25, 0.3) is 0 Å². The van der Waals surface area contributed by atoms with E-state index >= 15 is 0 Å². The third-order valence-electron chi connectivity index (χ3n) is 2.86. The Labute approximate surface area is 109 Å². The van der Waals surface area contributed by atoms with Gasteiger partial charge >= 0.3 is 11.9 Å². The van der Waals surface area contributed by atoms with Crippen LogP contribution >= 0.6 is 0 Å². The van der Waals surface area contributed by atoms with E-state index in [-0.39, 0.29) is 11.1 Å². The number of benzene rings is 2. The Kier molecular flexibility index (Phi) is 3.33. The molecule has 2 aromatic rings. The zero-order chi connectivity index (χ0) is 14.0. The SMILES string of the molecule is CC(=Cc1cc2ccccc2cc1C(=O)O)C(=O)O. The smallest absolute Gasteiger partial charge is 0.336 e. The van der Waals surface area contributed by atoms with Gasteiger partial charge < -0.3 is 10.2 Å². The van der Waals surface area contributed by atoms with E-state index in [1.807, 2.05) is 24.3 Å². The maximum atomic E-state index is 11.2. The molecule has 0 aromatic heterocycles. The van der Waals surface area contributed by atoms with Crippen molar-refractivity contribution in [2.75, 3.05) is 0 Å². The predicted octanol–water partition coefficient (Wildman–Crippen LogP) is 3.03. The van der Waals surface area contributed by atoms with Crippen molar-refractivity contribution in [3.63, 3.8) is 0 Å². The first-order valence-corrected chi connectivity index (χ1v) is 5.66. The normalized spacial score (nSPS) is 11.5. The summed E-state index contributed by atoms with van der Waals surface area (Å²) in [6.07, 6.45) is 1.37. The average Bonchev–Trinajstić information content (AvgIpc) is 2.37. The van der Waals surface area contributed by atoms with Crippen LogP contribution in [0.5, 0.6) is 0 Å². The van der Waals surface area contributed by atoms with Crippen molar-refractivity contribution in [3.8, 4) is 0 Å². The van der Waals surface area contributed by atoms with Crippen LogP contribution in [0.3, 0.4) is 0 Å². The van der Waals surface area contributed by atoms with Crippen LogP contribution in [0.2, 0.25) is 0 Å². The molecule has 0 aliphatic carbocycles. The predicted molar refractivity (Wildman–Crippen MR) is 72.2 cm³/mol. The molecule has 0 unspecified atom stereocenters. The zero-order valence-electron chi connectivity index (χ0n) is 10.3. The molecule has 4 heteroatoms. The number of carbonyl (C=O) groups is 2. The molecule has 0 aliphatic heterocycles. The first-order valence-electron chi connectivity index (χ1n) is 5.66. The number of aromatic carboxylic acids is 1. The maximum Gasteiger partial charge on any atom is 0.336 e. The Balaban J connectivity index is 2.70. The number of aliphatic carboxylic acids is 1. The van der Waals surface area contributed by atoms with Crippen LogP contribution in [0.4, 0.5) is 0 Å². The Bertz CT molecular complexity index is 698. The third-order valence-corrected chi connectivity index (χ3v) is 2.86. The van der Waals surface area contributed by atoms with E-state index in [1.165, 1.54) is 13.0 Å². The van der Waals surface area contributed by atoms with Crippen molar-refractivity contribution in [2.45, 2.75) is 6.92 Å². The topological polar surface area (TPSA) is 74.6 Å². The molecule has 0 amide bonds. The third kappa shape index (κ3) is 2.63. The van der Waals surface area contributed by atoms with Gasteiger partial charge in [-0.25, -0.2) is 9.59 Å². The average molecular weight is 256 g/mol. The van der Waals surface area contributed by atoms with Crippen molar-refractivity contribution in [1.82, 2.24) is 0 Å². The second-order valence-electron chi connectivity index (χ2n) is 4.22. The summed E-state index contributed by atoms with van der Waals surface area (Å²) in [5, 5.41) is 19.8. The van der Waals surface area contributed by atoms with Gasteiger partial charge in [-0.3, -0.25) is 0 Å². The van der Waals surface area contributed by atoms with Crippen LogP contribution in [0.15, 0.2) is 42.0 Å². The molecule has 0 saturated heterocycles. The van der Waals surface area contributed by atoms with Crippen molar-refractivity contribution >= 4 is 28.8 Å². The summed E-state index contributed by atoms with van der Waals surface area (Å²) in [6.45, 7) is 1.43. The van der Waals surface area contributed by atoms with Crippen molar-refractivity contribution < 1.29 is 19.8 Å². The lowest BCUT2D eigenvalue weighted by atomic mass is 9.99. The van der Waals surface area contributed by atoms with E-state index < -0.39 is 11.9 Å². The minimum Gasteiger partial charge on any atom is -0.478 e. The van der Waals surface area contributed by atoms with Crippen LogP contribution < -0.4 is 0 Å². The van der Waals surface area contributed by atoms with Gasteiger partial charge in [-0.15, -0.1) is 0 Å². The molecule has 4 nitrogen and oxygen atoms in total. The lowest BCUT2D eigenvalue weighted by Crippen LogP contribution is -2.02.